The summed E-state index contributed by atoms with van der Waals surface area (Å²) in [6.45, 7) is 12.3. The van der Waals surface area contributed by atoms with Gasteiger partial charge in [0.15, 0.2) is 0 Å². The van der Waals surface area contributed by atoms with E-state index in [-0.39, 0.29) is 0 Å². The van der Waals surface area contributed by atoms with Gasteiger partial charge in [-0.25, -0.2) is 0 Å². The second-order valence-corrected chi connectivity index (χ2v) is 6.58. The van der Waals surface area contributed by atoms with Crippen LogP contribution in [0.4, 0.5) is 0 Å². The van der Waals surface area contributed by atoms with Crippen LogP contribution in [0.3, 0.4) is 0 Å². The van der Waals surface area contributed by atoms with E-state index >= 15 is 0 Å². The number of hydrogen-bond acceptors (Lipinski definition) is 3. The van der Waals surface area contributed by atoms with Crippen LogP contribution in [0.2, 0.25) is 0 Å². The quantitative estimate of drug-likeness (QED) is 0.875. The molecule has 0 spiro atoms. The van der Waals surface area contributed by atoms with Gasteiger partial charge in [-0.2, -0.15) is 5.10 Å². The molecule has 0 amide bonds. The maximum absolute atomic E-state index is 4.51. The van der Waals surface area contributed by atoms with Crippen molar-refractivity contribution in [3.8, 4) is 0 Å². The summed E-state index contributed by atoms with van der Waals surface area (Å²) in [5.41, 5.74) is 2.74. The number of hydrogen-bond donors (Lipinski definition) is 1. The van der Waals surface area contributed by atoms with Crippen molar-refractivity contribution >= 4 is 0 Å². The lowest BCUT2D eigenvalue weighted by molar-refractivity contribution is 0.0209. The molecular formula is C17H32N4. The van der Waals surface area contributed by atoms with Crippen LogP contribution < -0.4 is 5.32 Å². The highest BCUT2D eigenvalue weighted by Gasteiger charge is 2.38. The second kappa shape index (κ2) is 6.93. The van der Waals surface area contributed by atoms with Crippen molar-refractivity contribution in [2.75, 3.05) is 13.1 Å². The molecule has 0 saturated carbocycles. The molecular weight excluding hydrogens is 260 g/mol. The minimum atomic E-state index is 0.294. The normalized spacial score (nSPS) is 22.6. The summed E-state index contributed by atoms with van der Waals surface area (Å²) in [5, 5.41) is 8.29. The Morgan fingerprint density at radius 3 is 2.57 bits per heavy atom. The summed E-state index contributed by atoms with van der Waals surface area (Å²) in [6, 6.07) is 2.86. The summed E-state index contributed by atoms with van der Waals surface area (Å²) in [5.74, 6) is 0. The molecule has 1 aliphatic rings. The molecule has 4 nitrogen and oxygen atoms in total. The first-order valence-electron chi connectivity index (χ1n) is 8.52. The number of nitrogens with zero attached hydrogens (tertiary/aromatic N) is 3. The maximum Gasteiger partial charge on any atom is 0.0597 e. The SMILES string of the molecule is CCCC1CN(Cc2cc(C)nn2C)C(CC)(CC)CN1. The molecule has 21 heavy (non-hydrogen) atoms. The second-order valence-electron chi connectivity index (χ2n) is 6.58. The molecule has 4 heteroatoms. The van der Waals surface area contributed by atoms with Gasteiger partial charge in [-0.15, -0.1) is 0 Å². The summed E-state index contributed by atoms with van der Waals surface area (Å²) >= 11 is 0. The number of aryl methyl sites for hydroxylation is 2. The summed E-state index contributed by atoms with van der Waals surface area (Å²) in [4.78, 5) is 2.71. The van der Waals surface area contributed by atoms with E-state index < -0.39 is 0 Å². The zero-order valence-electron chi connectivity index (χ0n) is 14.4. The van der Waals surface area contributed by atoms with E-state index in [0.717, 1.165) is 25.3 Å². The highest BCUT2D eigenvalue weighted by molar-refractivity contribution is 5.10. The number of rotatable bonds is 6. The topological polar surface area (TPSA) is 33.1 Å². The Balaban J connectivity index is 2.18. The van der Waals surface area contributed by atoms with E-state index in [0.29, 0.717) is 11.6 Å². The Morgan fingerprint density at radius 2 is 2.05 bits per heavy atom. The predicted molar refractivity (Wildman–Crippen MR) is 88.4 cm³/mol. The molecule has 1 aromatic rings. The number of piperazine rings is 1. The largest absolute Gasteiger partial charge is 0.311 e. The van der Waals surface area contributed by atoms with E-state index in [1.165, 1.54) is 31.4 Å². The van der Waals surface area contributed by atoms with E-state index in [1.54, 1.807) is 0 Å². The van der Waals surface area contributed by atoms with Gasteiger partial charge in [-0.05, 0) is 32.3 Å². The Hall–Kier alpha value is -0.870. The third-order valence-electron chi connectivity index (χ3n) is 5.24. The average molecular weight is 292 g/mol. The first-order chi connectivity index (χ1) is 10.0. The molecule has 0 aliphatic carbocycles. The van der Waals surface area contributed by atoms with Gasteiger partial charge >= 0.3 is 0 Å². The molecule has 0 aromatic carbocycles. The van der Waals surface area contributed by atoms with Crippen molar-refractivity contribution < 1.29 is 0 Å². The van der Waals surface area contributed by atoms with Crippen molar-refractivity contribution in [1.82, 2.24) is 20.0 Å². The summed E-state index contributed by atoms with van der Waals surface area (Å²) in [6.07, 6.45) is 4.92. The Morgan fingerprint density at radius 1 is 1.33 bits per heavy atom. The van der Waals surface area contributed by atoms with Crippen LogP contribution in [0.15, 0.2) is 6.07 Å². The standard InChI is InChI=1S/C17H32N4/c1-6-9-15-11-21(17(7-2,8-3)13-18-15)12-16-10-14(4)19-20(16)5/h10,15,18H,6-9,11-13H2,1-5H3. The van der Waals surface area contributed by atoms with Crippen molar-refractivity contribution in [3.05, 3.63) is 17.5 Å². The molecule has 1 N–H and O–H groups in total. The molecule has 1 aliphatic heterocycles. The fourth-order valence-electron chi connectivity index (χ4n) is 3.70. The van der Waals surface area contributed by atoms with E-state index in [1.807, 2.05) is 4.68 Å². The Labute approximate surface area is 129 Å². The minimum absolute atomic E-state index is 0.294. The fourth-order valence-corrected chi connectivity index (χ4v) is 3.70. The van der Waals surface area contributed by atoms with Crippen LogP contribution in [0.1, 0.15) is 57.8 Å². The zero-order valence-corrected chi connectivity index (χ0v) is 14.4. The molecule has 2 rings (SSSR count). The first-order valence-corrected chi connectivity index (χ1v) is 8.52. The lowest BCUT2D eigenvalue weighted by atomic mass is 9.86. The van der Waals surface area contributed by atoms with Gasteiger partial charge in [0.25, 0.3) is 0 Å². The highest BCUT2D eigenvalue weighted by Crippen LogP contribution is 2.29. The summed E-state index contributed by atoms with van der Waals surface area (Å²) < 4.78 is 2.04. The van der Waals surface area contributed by atoms with Gasteiger partial charge in [0.1, 0.15) is 0 Å². The molecule has 1 saturated heterocycles. The highest BCUT2D eigenvalue weighted by atomic mass is 15.3. The van der Waals surface area contributed by atoms with Gasteiger partial charge in [-0.3, -0.25) is 9.58 Å². The molecule has 1 aromatic heterocycles. The summed E-state index contributed by atoms with van der Waals surface area (Å²) in [7, 11) is 2.06. The molecule has 1 atom stereocenters. The minimum Gasteiger partial charge on any atom is -0.311 e. The van der Waals surface area contributed by atoms with E-state index in [4.69, 9.17) is 0 Å². The third-order valence-corrected chi connectivity index (χ3v) is 5.24. The van der Waals surface area contributed by atoms with Gasteiger partial charge in [0.05, 0.1) is 11.4 Å². The Kier molecular flexibility index (Phi) is 5.44. The van der Waals surface area contributed by atoms with Crippen LogP contribution in [0, 0.1) is 6.92 Å². The van der Waals surface area contributed by atoms with Gasteiger partial charge in [0.2, 0.25) is 0 Å². The van der Waals surface area contributed by atoms with E-state index in [2.05, 4.69) is 56.1 Å². The average Bonchev–Trinajstić information content (AvgIpc) is 2.78. The van der Waals surface area contributed by atoms with Crippen LogP contribution in [-0.4, -0.2) is 39.4 Å². The van der Waals surface area contributed by atoms with Crippen LogP contribution in [0.5, 0.6) is 0 Å². The first kappa shape index (κ1) is 16.5. The lowest BCUT2D eigenvalue weighted by Crippen LogP contribution is -2.63. The molecule has 2 heterocycles. The molecule has 0 radical (unpaired) electrons. The van der Waals surface area contributed by atoms with Crippen molar-refractivity contribution in [3.63, 3.8) is 0 Å². The van der Waals surface area contributed by atoms with Crippen molar-refractivity contribution in [2.45, 2.75) is 71.5 Å². The van der Waals surface area contributed by atoms with Crippen LogP contribution in [0.25, 0.3) is 0 Å². The van der Waals surface area contributed by atoms with E-state index in [9.17, 15) is 0 Å². The monoisotopic (exact) mass is 292 g/mol. The van der Waals surface area contributed by atoms with Gasteiger partial charge in [0, 0.05) is 38.3 Å². The number of nitrogens with one attached hydrogen (secondary N) is 1. The predicted octanol–water partition coefficient (Wildman–Crippen LogP) is 2.86. The smallest absolute Gasteiger partial charge is 0.0597 e. The molecule has 1 fully saturated rings. The fraction of sp³-hybridized carbons (Fsp3) is 0.824. The van der Waals surface area contributed by atoms with Gasteiger partial charge in [-0.1, -0.05) is 27.2 Å². The maximum atomic E-state index is 4.51. The molecule has 0 bridgehead atoms. The molecule has 120 valence electrons. The van der Waals surface area contributed by atoms with Gasteiger partial charge < -0.3 is 5.32 Å². The lowest BCUT2D eigenvalue weighted by Gasteiger charge is -2.49. The molecule has 1 unspecified atom stereocenters. The van der Waals surface area contributed by atoms with Crippen molar-refractivity contribution in [1.29, 1.82) is 0 Å². The van der Waals surface area contributed by atoms with Crippen LogP contribution >= 0.6 is 0 Å². The Bertz CT molecular complexity index is 448. The zero-order chi connectivity index (χ0) is 15.5. The number of aromatic nitrogens is 2. The van der Waals surface area contributed by atoms with Crippen molar-refractivity contribution in [2.24, 2.45) is 7.05 Å². The third kappa shape index (κ3) is 3.49. The van der Waals surface area contributed by atoms with Crippen LogP contribution in [-0.2, 0) is 13.6 Å².